The fraction of sp³-hybridized carbons (Fsp3) is 0. The van der Waals surface area contributed by atoms with Gasteiger partial charge in [0.1, 0.15) is 11.4 Å². The molecule has 0 saturated carbocycles. The van der Waals surface area contributed by atoms with Gasteiger partial charge in [0.05, 0.1) is 11.9 Å². The monoisotopic (exact) mass is 271 g/mol. The molecule has 2 aromatic carbocycles. The summed E-state index contributed by atoms with van der Waals surface area (Å²) in [5.41, 5.74) is 2.51. The minimum absolute atomic E-state index is 0.217. The maximum Gasteiger partial charge on any atom is 0.115 e. The SMILES string of the molecule is Oc1ccc(-n2ncc(-c3ccc(Cl)cc3)n2)cc1. The van der Waals surface area contributed by atoms with E-state index < -0.39 is 0 Å². The lowest BCUT2D eigenvalue weighted by Crippen LogP contribution is -1.97. The molecule has 1 aromatic heterocycles. The fourth-order valence-corrected chi connectivity index (χ4v) is 1.85. The molecule has 3 rings (SSSR count). The Morgan fingerprint density at radius 3 is 2.32 bits per heavy atom. The van der Waals surface area contributed by atoms with Crippen LogP contribution in [-0.2, 0) is 0 Å². The van der Waals surface area contributed by atoms with Crippen LogP contribution in [0.5, 0.6) is 5.75 Å². The van der Waals surface area contributed by atoms with Crippen molar-refractivity contribution in [2.75, 3.05) is 0 Å². The van der Waals surface area contributed by atoms with Gasteiger partial charge in [-0.15, -0.1) is 5.10 Å². The van der Waals surface area contributed by atoms with Gasteiger partial charge >= 0.3 is 0 Å². The Balaban J connectivity index is 1.95. The number of halogens is 1. The van der Waals surface area contributed by atoms with Crippen molar-refractivity contribution in [1.82, 2.24) is 15.0 Å². The van der Waals surface area contributed by atoms with Gasteiger partial charge in [-0.05, 0) is 36.4 Å². The number of hydrogen-bond donors (Lipinski definition) is 1. The van der Waals surface area contributed by atoms with E-state index in [1.165, 1.54) is 4.80 Å². The number of phenolic OH excluding ortho intramolecular Hbond substituents is 1. The average Bonchev–Trinajstić information content (AvgIpc) is 2.90. The molecular formula is C14H10ClN3O. The lowest BCUT2D eigenvalue weighted by atomic mass is 10.2. The number of nitrogens with zero attached hydrogens (tertiary/aromatic N) is 3. The van der Waals surface area contributed by atoms with Crippen LogP contribution < -0.4 is 0 Å². The molecule has 0 saturated heterocycles. The predicted octanol–water partition coefficient (Wildman–Crippen LogP) is 3.29. The molecule has 0 bridgehead atoms. The van der Waals surface area contributed by atoms with Crippen LogP contribution >= 0.6 is 11.6 Å². The first-order chi connectivity index (χ1) is 9.22. The van der Waals surface area contributed by atoms with Crippen molar-refractivity contribution in [2.45, 2.75) is 0 Å². The minimum atomic E-state index is 0.217. The zero-order valence-electron chi connectivity index (χ0n) is 9.86. The number of benzene rings is 2. The van der Waals surface area contributed by atoms with Crippen molar-refractivity contribution in [2.24, 2.45) is 0 Å². The highest BCUT2D eigenvalue weighted by molar-refractivity contribution is 6.30. The summed E-state index contributed by atoms with van der Waals surface area (Å²) in [5, 5.41) is 18.5. The molecule has 0 fully saturated rings. The molecule has 0 aliphatic rings. The Morgan fingerprint density at radius 2 is 1.63 bits per heavy atom. The van der Waals surface area contributed by atoms with Gasteiger partial charge in [-0.1, -0.05) is 23.7 Å². The van der Waals surface area contributed by atoms with Crippen LogP contribution in [0.1, 0.15) is 0 Å². The van der Waals surface area contributed by atoms with Crippen molar-refractivity contribution in [3.05, 3.63) is 59.8 Å². The van der Waals surface area contributed by atoms with Crippen LogP contribution in [0.25, 0.3) is 16.9 Å². The molecule has 4 nitrogen and oxygen atoms in total. The Labute approximate surface area is 114 Å². The number of hydrogen-bond acceptors (Lipinski definition) is 3. The molecule has 0 unspecified atom stereocenters. The zero-order chi connectivity index (χ0) is 13.2. The lowest BCUT2D eigenvalue weighted by molar-refractivity contribution is 0.475. The number of aromatic hydroxyl groups is 1. The Bertz CT molecular complexity index is 629. The van der Waals surface area contributed by atoms with Crippen molar-refractivity contribution >= 4 is 11.6 Å². The number of phenols is 1. The molecule has 1 N–H and O–H groups in total. The van der Waals surface area contributed by atoms with Crippen LogP contribution in [0, 0.1) is 0 Å². The van der Waals surface area contributed by atoms with E-state index in [4.69, 9.17) is 11.6 Å². The van der Waals surface area contributed by atoms with E-state index in [2.05, 4.69) is 10.2 Å². The Kier molecular flexibility index (Phi) is 2.93. The molecule has 0 atom stereocenters. The average molecular weight is 272 g/mol. The normalized spacial score (nSPS) is 10.6. The van der Waals surface area contributed by atoms with Crippen molar-refractivity contribution in [3.8, 4) is 22.7 Å². The maximum atomic E-state index is 9.25. The number of aromatic nitrogens is 3. The van der Waals surface area contributed by atoms with Gasteiger partial charge in [0, 0.05) is 10.6 Å². The molecule has 19 heavy (non-hydrogen) atoms. The summed E-state index contributed by atoms with van der Waals surface area (Å²) in [7, 11) is 0. The van der Waals surface area contributed by atoms with Crippen LogP contribution in [0.15, 0.2) is 54.7 Å². The zero-order valence-corrected chi connectivity index (χ0v) is 10.6. The summed E-state index contributed by atoms with van der Waals surface area (Å²) < 4.78 is 0. The predicted molar refractivity (Wildman–Crippen MR) is 73.5 cm³/mol. The van der Waals surface area contributed by atoms with Gasteiger partial charge < -0.3 is 5.11 Å². The van der Waals surface area contributed by atoms with Crippen molar-refractivity contribution in [3.63, 3.8) is 0 Å². The first-order valence-electron chi connectivity index (χ1n) is 5.70. The van der Waals surface area contributed by atoms with E-state index in [9.17, 15) is 5.11 Å². The highest BCUT2D eigenvalue weighted by Gasteiger charge is 2.05. The van der Waals surface area contributed by atoms with Crippen molar-refractivity contribution < 1.29 is 5.11 Å². The second kappa shape index (κ2) is 4.74. The van der Waals surface area contributed by atoms with E-state index >= 15 is 0 Å². The molecular weight excluding hydrogens is 262 g/mol. The van der Waals surface area contributed by atoms with Gasteiger partial charge in [0.15, 0.2) is 0 Å². The quantitative estimate of drug-likeness (QED) is 0.778. The number of rotatable bonds is 2. The molecule has 3 aromatic rings. The second-order valence-corrected chi connectivity index (χ2v) is 4.48. The standard InChI is InChI=1S/C14H10ClN3O/c15-11-3-1-10(2-4-11)14-9-16-18(17-14)12-5-7-13(19)8-6-12/h1-9,19H. The third kappa shape index (κ3) is 2.44. The molecule has 0 aliphatic heterocycles. The lowest BCUT2D eigenvalue weighted by Gasteiger charge is -1.99. The Morgan fingerprint density at radius 1 is 0.947 bits per heavy atom. The third-order valence-corrected chi connectivity index (χ3v) is 2.96. The van der Waals surface area contributed by atoms with E-state index in [1.807, 2.05) is 24.3 Å². The van der Waals surface area contributed by atoms with Crippen LogP contribution in [0.2, 0.25) is 5.02 Å². The van der Waals surface area contributed by atoms with Crippen LogP contribution in [-0.4, -0.2) is 20.1 Å². The highest BCUT2D eigenvalue weighted by atomic mass is 35.5. The van der Waals surface area contributed by atoms with Gasteiger partial charge in [-0.25, -0.2) is 0 Å². The Hall–Kier alpha value is -2.33. The minimum Gasteiger partial charge on any atom is -0.508 e. The molecule has 5 heteroatoms. The second-order valence-electron chi connectivity index (χ2n) is 4.04. The maximum absolute atomic E-state index is 9.25. The molecule has 0 spiro atoms. The summed E-state index contributed by atoms with van der Waals surface area (Å²) >= 11 is 5.85. The third-order valence-electron chi connectivity index (χ3n) is 2.71. The van der Waals surface area contributed by atoms with E-state index in [0.29, 0.717) is 5.02 Å². The topological polar surface area (TPSA) is 50.9 Å². The van der Waals surface area contributed by atoms with Gasteiger partial charge in [-0.3, -0.25) is 0 Å². The summed E-state index contributed by atoms with van der Waals surface area (Å²) in [6.07, 6.45) is 1.69. The summed E-state index contributed by atoms with van der Waals surface area (Å²) in [6, 6.07) is 14.1. The van der Waals surface area contributed by atoms with Crippen molar-refractivity contribution in [1.29, 1.82) is 0 Å². The smallest absolute Gasteiger partial charge is 0.115 e. The summed E-state index contributed by atoms with van der Waals surface area (Å²) in [4.78, 5) is 1.52. The van der Waals surface area contributed by atoms with Gasteiger partial charge in [0.25, 0.3) is 0 Å². The summed E-state index contributed by atoms with van der Waals surface area (Å²) in [6.45, 7) is 0. The fourth-order valence-electron chi connectivity index (χ4n) is 1.73. The molecule has 0 amide bonds. The van der Waals surface area contributed by atoms with Gasteiger partial charge in [0.2, 0.25) is 0 Å². The molecule has 0 aliphatic carbocycles. The van der Waals surface area contributed by atoms with E-state index in [1.54, 1.807) is 30.5 Å². The first-order valence-corrected chi connectivity index (χ1v) is 6.08. The van der Waals surface area contributed by atoms with Crippen LogP contribution in [0.4, 0.5) is 0 Å². The van der Waals surface area contributed by atoms with E-state index in [-0.39, 0.29) is 5.75 Å². The van der Waals surface area contributed by atoms with E-state index in [0.717, 1.165) is 16.9 Å². The highest BCUT2D eigenvalue weighted by Crippen LogP contribution is 2.20. The van der Waals surface area contributed by atoms with Gasteiger partial charge in [-0.2, -0.15) is 9.90 Å². The molecule has 1 heterocycles. The summed E-state index contributed by atoms with van der Waals surface area (Å²) in [5.74, 6) is 0.217. The molecule has 94 valence electrons. The largest absolute Gasteiger partial charge is 0.508 e. The van der Waals surface area contributed by atoms with Crippen LogP contribution in [0.3, 0.4) is 0 Å². The molecule has 0 radical (unpaired) electrons. The first kappa shape index (κ1) is 11.7.